The fourth-order valence-corrected chi connectivity index (χ4v) is 1.51. The van der Waals surface area contributed by atoms with Crippen LogP contribution in [0.5, 0.6) is 0 Å². The van der Waals surface area contributed by atoms with E-state index < -0.39 is 0 Å². The number of anilines is 1. The van der Waals surface area contributed by atoms with Crippen molar-refractivity contribution in [2.75, 3.05) is 11.9 Å². The van der Waals surface area contributed by atoms with Crippen molar-refractivity contribution >= 4 is 22.5 Å². The molecule has 0 aliphatic carbocycles. The van der Waals surface area contributed by atoms with Crippen molar-refractivity contribution in [1.82, 2.24) is 10.3 Å². The smallest absolute Gasteiger partial charge is 0.321 e. The summed E-state index contributed by atoms with van der Waals surface area (Å²) in [5.41, 5.74) is 6.26. The number of amides is 2. The van der Waals surface area contributed by atoms with E-state index in [1.165, 1.54) is 11.3 Å². The molecule has 0 saturated heterocycles. The van der Waals surface area contributed by atoms with E-state index in [9.17, 15) is 4.79 Å². The predicted molar refractivity (Wildman–Crippen MR) is 57.5 cm³/mol. The summed E-state index contributed by atoms with van der Waals surface area (Å²) >= 11 is 1.40. The highest BCUT2D eigenvalue weighted by Gasteiger charge is 2.06. The lowest BCUT2D eigenvalue weighted by molar-refractivity contribution is 0.249. The minimum absolute atomic E-state index is 0.0314. The molecular weight excluding hydrogens is 200 g/mol. The normalized spacial score (nSPS) is 12.2. The second-order valence-electron chi connectivity index (χ2n) is 3.03. The number of nitrogens with two attached hydrogens (primary N) is 1. The highest BCUT2D eigenvalue weighted by molar-refractivity contribution is 7.13. The molecule has 1 rings (SSSR count). The van der Waals surface area contributed by atoms with Gasteiger partial charge < -0.3 is 11.1 Å². The van der Waals surface area contributed by atoms with Crippen LogP contribution in [0.4, 0.5) is 9.93 Å². The van der Waals surface area contributed by atoms with Crippen molar-refractivity contribution in [1.29, 1.82) is 0 Å². The number of nitrogens with zero attached hydrogens (tertiary/aromatic N) is 1. The zero-order valence-corrected chi connectivity index (χ0v) is 9.02. The minimum atomic E-state index is -0.266. The first kappa shape index (κ1) is 10.9. The molecule has 0 aliphatic rings. The Labute approximate surface area is 86.7 Å². The van der Waals surface area contributed by atoms with Gasteiger partial charge in [0.15, 0.2) is 5.13 Å². The molecule has 78 valence electrons. The Morgan fingerprint density at radius 1 is 1.79 bits per heavy atom. The molecule has 1 aromatic heterocycles. The van der Waals surface area contributed by atoms with E-state index in [0.717, 1.165) is 5.69 Å². The Kier molecular flexibility index (Phi) is 3.84. The van der Waals surface area contributed by atoms with Gasteiger partial charge >= 0.3 is 6.03 Å². The van der Waals surface area contributed by atoms with Crippen molar-refractivity contribution in [3.63, 3.8) is 0 Å². The summed E-state index contributed by atoms with van der Waals surface area (Å²) in [4.78, 5) is 15.4. The van der Waals surface area contributed by atoms with Gasteiger partial charge in [-0.05, 0) is 13.8 Å². The van der Waals surface area contributed by atoms with Crippen LogP contribution in [0.1, 0.15) is 12.6 Å². The minimum Gasteiger partial charge on any atom is -0.334 e. The van der Waals surface area contributed by atoms with Crippen molar-refractivity contribution in [2.24, 2.45) is 5.73 Å². The van der Waals surface area contributed by atoms with E-state index in [4.69, 9.17) is 5.73 Å². The van der Waals surface area contributed by atoms with Crippen LogP contribution in [-0.2, 0) is 0 Å². The van der Waals surface area contributed by atoms with Crippen LogP contribution in [0.15, 0.2) is 5.38 Å². The topological polar surface area (TPSA) is 80.0 Å². The quantitative estimate of drug-likeness (QED) is 0.700. The lowest BCUT2D eigenvalue weighted by atomic mass is 10.3. The Morgan fingerprint density at radius 2 is 2.50 bits per heavy atom. The Morgan fingerprint density at radius 3 is 3.00 bits per heavy atom. The number of nitrogens with one attached hydrogen (secondary N) is 2. The molecular formula is C8H14N4OS. The number of carbonyl (C=O) groups excluding carboxylic acids is 1. The van der Waals surface area contributed by atoms with Gasteiger partial charge in [-0.25, -0.2) is 9.78 Å². The van der Waals surface area contributed by atoms with Crippen molar-refractivity contribution in [3.05, 3.63) is 11.1 Å². The molecule has 0 spiro atoms. The van der Waals surface area contributed by atoms with E-state index >= 15 is 0 Å². The molecule has 6 heteroatoms. The van der Waals surface area contributed by atoms with Crippen molar-refractivity contribution in [3.8, 4) is 0 Å². The molecule has 0 radical (unpaired) electrons. The van der Waals surface area contributed by atoms with Crippen LogP contribution in [0.3, 0.4) is 0 Å². The molecule has 1 heterocycles. The number of hydrogen-bond donors (Lipinski definition) is 3. The summed E-state index contributed by atoms with van der Waals surface area (Å²) in [7, 11) is 0. The molecule has 1 aromatic rings. The third kappa shape index (κ3) is 3.31. The second-order valence-corrected chi connectivity index (χ2v) is 3.89. The highest BCUT2D eigenvalue weighted by Crippen LogP contribution is 2.13. The zero-order chi connectivity index (χ0) is 10.6. The summed E-state index contributed by atoms with van der Waals surface area (Å²) in [6.45, 7) is 4.14. The van der Waals surface area contributed by atoms with E-state index in [0.29, 0.717) is 11.7 Å². The maximum Gasteiger partial charge on any atom is 0.321 e. The number of aryl methyl sites for hydroxylation is 1. The molecule has 2 amide bonds. The van der Waals surface area contributed by atoms with Crippen LogP contribution in [0.25, 0.3) is 0 Å². The van der Waals surface area contributed by atoms with Gasteiger partial charge in [-0.15, -0.1) is 11.3 Å². The summed E-state index contributed by atoms with van der Waals surface area (Å²) in [6.07, 6.45) is 0. The maximum absolute atomic E-state index is 11.3. The number of hydrogen-bond acceptors (Lipinski definition) is 4. The molecule has 0 aliphatic heterocycles. The highest BCUT2D eigenvalue weighted by atomic mass is 32.1. The average molecular weight is 214 g/mol. The van der Waals surface area contributed by atoms with Crippen LogP contribution in [0.2, 0.25) is 0 Å². The summed E-state index contributed by atoms with van der Waals surface area (Å²) in [5, 5.41) is 7.79. The number of aromatic nitrogens is 1. The molecule has 1 unspecified atom stereocenters. The number of urea groups is 1. The number of rotatable bonds is 3. The van der Waals surface area contributed by atoms with Gasteiger partial charge in [0.25, 0.3) is 0 Å². The second kappa shape index (κ2) is 4.92. The van der Waals surface area contributed by atoms with E-state index in [-0.39, 0.29) is 12.1 Å². The average Bonchev–Trinajstić information content (AvgIpc) is 2.50. The molecule has 0 bridgehead atoms. The van der Waals surface area contributed by atoms with Crippen LogP contribution in [0, 0.1) is 6.92 Å². The SMILES string of the molecule is Cc1csc(NC(=O)NC(C)CN)n1. The van der Waals surface area contributed by atoms with Gasteiger partial charge in [-0.2, -0.15) is 0 Å². The van der Waals surface area contributed by atoms with Crippen molar-refractivity contribution in [2.45, 2.75) is 19.9 Å². The van der Waals surface area contributed by atoms with Gasteiger partial charge in [0, 0.05) is 18.0 Å². The zero-order valence-electron chi connectivity index (χ0n) is 8.20. The predicted octanol–water partition coefficient (Wildman–Crippen LogP) is 0.920. The van der Waals surface area contributed by atoms with Crippen LogP contribution < -0.4 is 16.4 Å². The monoisotopic (exact) mass is 214 g/mol. The molecule has 4 N–H and O–H groups in total. The summed E-state index contributed by atoms with van der Waals surface area (Å²) in [6, 6.07) is -0.298. The van der Waals surface area contributed by atoms with Crippen molar-refractivity contribution < 1.29 is 4.79 Å². The fraction of sp³-hybridized carbons (Fsp3) is 0.500. The molecule has 1 atom stereocenters. The Hall–Kier alpha value is -1.14. The molecule has 0 fully saturated rings. The third-order valence-corrected chi connectivity index (χ3v) is 2.45. The van der Waals surface area contributed by atoms with Gasteiger partial charge in [0.2, 0.25) is 0 Å². The fourth-order valence-electron chi connectivity index (χ4n) is 0.827. The Balaban J connectivity index is 2.41. The summed E-state index contributed by atoms with van der Waals surface area (Å²) < 4.78 is 0. The van der Waals surface area contributed by atoms with E-state index in [1.54, 1.807) is 0 Å². The molecule has 14 heavy (non-hydrogen) atoms. The van der Waals surface area contributed by atoms with E-state index in [1.807, 2.05) is 19.2 Å². The maximum atomic E-state index is 11.3. The molecule has 0 saturated carbocycles. The molecule has 5 nitrogen and oxygen atoms in total. The lowest BCUT2D eigenvalue weighted by Gasteiger charge is -2.10. The van der Waals surface area contributed by atoms with Gasteiger partial charge in [-0.1, -0.05) is 0 Å². The molecule has 0 aromatic carbocycles. The number of thiazole rings is 1. The first-order valence-electron chi connectivity index (χ1n) is 4.31. The van der Waals surface area contributed by atoms with Crippen LogP contribution >= 0.6 is 11.3 Å². The van der Waals surface area contributed by atoms with Gasteiger partial charge in [-0.3, -0.25) is 5.32 Å². The third-order valence-electron chi connectivity index (χ3n) is 1.57. The Bertz CT molecular complexity index is 312. The largest absolute Gasteiger partial charge is 0.334 e. The van der Waals surface area contributed by atoms with Gasteiger partial charge in [0.05, 0.1) is 5.69 Å². The van der Waals surface area contributed by atoms with Crippen LogP contribution in [-0.4, -0.2) is 23.6 Å². The standard InChI is InChI=1S/C8H14N4OS/c1-5(3-9)10-7(13)12-8-11-6(2)4-14-8/h4-5H,3,9H2,1-2H3,(H2,10,11,12,13). The van der Waals surface area contributed by atoms with Gasteiger partial charge in [0.1, 0.15) is 0 Å². The summed E-state index contributed by atoms with van der Waals surface area (Å²) in [5.74, 6) is 0. The first-order chi connectivity index (χ1) is 6.61. The van der Waals surface area contributed by atoms with E-state index in [2.05, 4.69) is 15.6 Å². The first-order valence-corrected chi connectivity index (χ1v) is 5.19. The number of carbonyl (C=O) groups is 1. The lowest BCUT2D eigenvalue weighted by Crippen LogP contribution is -2.40.